The number of halogens is 1. The highest BCUT2D eigenvalue weighted by molar-refractivity contribution is 7.80. The predicted octanol–water partition coefficient (Wildman–Crippen LogP) is 6.14. The number of hydrogen-bond donors (Lipinski definition) is 2. The zero-order valence-corrected chi connectivity index (χ0v) is 22.6. The Hall–Kier alpha value is -2.97. The van der Waals surface area contributed by atoms with Gasteiger partial charge in [0.2, 0.25) is 0 Å². The van der Waals surface area contributed by atoms with Gasteiger partial charge in [0.1, 0.15) is 24.7 Å². The molecule has 36 heavy (non-hydrogen) atoms. The molecule has 0 atom stereocenters. The lowest BCUT2D eigenvalue weighted by Crippen LogP contribution is -2.31. The van der Waals surface area contributed by atoms with E-state index in [0.717, 1.165) is 30.1 Å². The molecule has 0 saturated heterocycles. The SMILES string of the molecule is C=CCNC(=S)N/N=C\c1cc(Cl)c(OCCOc2ccc(OCCCCCC)cc2)c(OCC)c1. The zero-order valence-electron chi connectivity index (χ0n) is 21.1. The normalized spacial score (nSPS) is 10.6. The summed E-state index contributed by atoms with van der Waals surface area (Å²) >= 11 is 11.6. The van der Waals surface area contributed by atoms with Gasteiger partial charge in [0, 0.05) is 6.54 Å². The molecule has 0 amide bonds. The van der Waals surface area contributed by atoms with Gasteiger partial charge in [-0.3, -0.25) is 5.43 Å². The van der Waals surface area contributed by atoms with Gasteiger partial charge in [0.25, 0.3) is 0 Å². The van der Waals surface area contributed by atoms with Crippen molar-refractivity contribution in [1.82, 2.24) is 10.7 Å². The number of rotatable bonds is 17. The molecule has 0 unspecified atom stereocenters. The molecule has 0 radical (unpaired) electrons. The second-order valence-corrected chi connectivity index (χ2v) is 8.52. The van der Waals surface area contributed by atoms with Crippen LogP contribution in [0.25, 0.3) is 0 Å². The predicted molar refractivity (Wildman–Crippen MR) is 151 cm³/mol. The van der Waals surface area contributed by atoms with Crippen LogP contribution in [0.2, 0.25) is 5.02 Å². The van der Waals surface area contributed by atoms with Crippen LogP contribution in [0.15, 0.2) is 54.2 Å². The van der Waals surface area contributed by atoms with Crippen molar-refractivity contribution in [3.63, 3.8) is 0 Å². The van der Waals surface area contributed by atoms with Crippen molar-refractivity contribution >= 4 is 35.1 Å². The fourth-order valence-corrected chi connectivity index (χ4v) is 3.50. The van der Waals surface area contributed by atoms with E-state index in [1.54, 1.807) is 24.4 Å². The molecule has 0 fully saturated rings. The third kappa shape index (κ3) is 11.2. The Labute approximate surface area is 224 Å². The molecule has 0 aromatic heterocycles. The molecule has 0 saturated carbocycles. The first-order chi connectivity index (χ1) is 17.6. The van der Waals surface area contributed by atoms with Crippen molar-refractivity contribution in [2.75, 3.05) is 33.0 Å². The summed E-state index contributed by atoms with van der Waals surface area (Å²) in [6.45, 7) is 10.1. The van der Waals surface area contributed by atoms with Crippen molar-refractivity contribution in [2.24, 2.45) is 5.10 Å². The highest BCUT2D eigenvalue weighted by Crippen LogP contribution is 2.36. The van der Waals surface area contributed by atoms with E-state index in [4.69, 9.17) is 42.8 Å². The Kier molecular flexibility index (Phi) is 14.2. The van der Waals surface area contributed by atoms with Gasteiger partial charge < -0.3 is 24.3 Å². The topological polar surface area (TPSA) is 73.3 Å². The van der Waals surface area contributed by atoms with E-state index in [1.165, 1.54) is 19.3 Å². The van der Waals surface area contributed by atoms with Crippen LogP contribution >= 0.6 is 23.8 Å². The average molecular weight is 534 g/mol. The lowest BCUT2D eigenvalue weighted by molar-refractivity contribution is 0.208. The maximum Gasteiger partial charge on any atom is 0.187 e. The molecule has 0 aliphatic rings. The van der Waals surface area contributed by atoms with Gasteiger partial charge in [-0.2, -0.15) is 5.10 Å². The summed E-state index contributed by atoms with van der Waals surface area (Å²) in [4.78, 5) is 0. The van der Waals surface area contributed by atoms with Crippen LogP contribution in [0, 0.1) is 0 Å². The molecule has 9 heteroatoms. The van der Waals surface area contributed by atoms with Crippen molar-refractivity contribution in [1.29, 1.82) is 0 Å². The summed E-state index contributed by atoms with van der Waals surface area (Å²) < 4.78 is 23.2. The fraction of sp³-hybridized carbons (Fsp3) is 0.407. The quantitative estimate of drug-likeness (QED) is 0.0831. The highest BCUT2D eigenvalue weighted by Gasteiger charge is 2.12. The van der Waals surface area contributed by atoms with Crippen LogP contribution in [0.3, 0.4) is 0 Å². The third-order valence-corrected chi connectivity index (χ3v) is 5.32. The maximum absolute atomic E-state index is 6.47. The van der Waals surface area contributed by atoms with Gasteiger partial charge in [-0.15, -0.1) is 6.58 Å². The molecule has 2 aromatic rings. The van der Waals surface area contributed by atoms with Crippen molar-refractivity contribution < 1.29 is 18.9 Å². The van der Waals surface area contributed by atoms with Crippen LogP contribution in [0.5, 0.6) is 23.0 Å². The smallest absolute Gasteiger partial charge is 0.187 e. The molecule has 2 aromatic carbocycles. The number of benzene rings is 2. The van der Waals surface area contributed by atoms with Gasteiger partial charge in [-0.1, -0.05) is 43.9 Å². The van der Waals surface area contributed by atoms with E-state index in [9.17, 15) is 0 Å². The van der Waals surface area contributed by atoms with Crippen LogP contribution < -0.4 is 29.7 Å². The Morgan fingerprint density at radius 3 is 2.33 bits per heavy atom. The van der Waals surface area contributed by atoms with E-state index in [-0.39, 0.29) is 0 Å². The largest absolute Gasteiger partial charge is 0.494 e. The zero-order chi connectivity index (χ0) is 26.0. The van der Waals surface area contributed by atoms with Crippen molar-refractivity contribution in [2.45, 2.75) is 39.5 Å². The minimum atomic E-state index is 0.299. The first-order valence-corrected chi connectivity index (χ1v) is 13.0. The Morgan fingerprint density at radius 2 is 1.67 bits per heavy atom. The number of nitrogens with zero attached hydrogens (tertiary/aromatic N) is 1. The molecule has 2 N–H and O–H groups in total. The van der Waals surface area contributed by atoms with Crippen LogP contribution in [0.1, 0.15) is 45.1 Å². The number of thiocarbonyl (C=S) groups is 1. The van der Waals surface area contributed by atoms with Gasteiger partial charge in [0.05, 0.1) is 24.5 Å². The lowest BCUT2D eigenvalue weighted by atomic mass is 10.2. The molecule has 0 aliphatic heterocycles. The summed E-state index contributed by atoms with van der Waals surface area (Å²) in [7, 11) is 0. The Balaban J connectivity index is 1.84. The number of unbranched alkanes of at least 4 members (excludes halogenated alkanes) is 3. The summed E-state index contributed by atoms with van der Waals surface area (Å²) in [5.74, 6) is 2.57. The number of nitrogens with one attached hydrogen (secondary N) is 2. The van der Waals surface area contributed by atoms with Gasteiger partial charge in [0.15, 0.2) is 16.6 Å². The number of ether oxygens (including phenoxy) is 4. The van der Waals surface area contributed by atoms with Crippen LogP contribution in [0.4, 0.5) is 0 Å². The highest BCUT2D eigenvalue weighted by atomic mass is 35.5. The third-order valence-electron chi connectivity index (χ3n) is 4.81. The Bertz CT molecular complexity index is 970. The van der Waals surface area contributed by atoms with Crippen molar-refractivity contribution in [3.8, 4) is 23.0 Å². The molecule has 0 bridgehead atoms. The second kappa shape index (κ2) is 17.5. The first kappa shape index (κ1) is 29.3. The van der Waals surface area contributed by atoms with Crippen LogP contribution in [-0.4, -0.2) is 44.3 Å². The fourth-order valence-electron chi connectivity index (χ4n) is 3.09. The van der Waals surface area contributed by atoms with Gasteiger partial charge in [-0.05, 0) is 67.5 Å². The summed E-state index contributed by atoms with van der Waals surface area (Å²) in [6, 6.07) is 11.2. The molecule has 0 spiro atoms. The Morgan fingerprint density at radius 1 is 0.972 bits per heavy atom. The number of hydrazone groups is 1. The van der Waals surface area contributed by atoms with E-state index in [0.29, 0.717) is 48.0 Å². The van der Waals surface area contributed by atoms with E-state index >= 15 is 0 Å². The minimum absolute atomic E-state index is 0.299. The van der Waals surface area contributed by atoms with E-state index in [2.05, 4.69) is 29.3 Å². The first-order valence-electron chi connectivity index (χ1n) is 12.2. The molecular weight excluding hydrogens is 498 g/mol. The molecular formula is C27H36ClN3O4S. The molecule has 196 valence electrons. The molecule has 7 nitrogen and oxygen atoms in total. The maximum atomic E-state index is 6.47. The number of hydrogen-bond acceptors (Lipinski definition) is 6. The molecule has 0 aliphatic carbocycles. The van der Waals surface area contributed by atoms with E-state index < -0.39 is 0 Å². The van der Waals surface area contributed by atoms with Gasteiger partial charge >= 0.3 is 0 Å². The second-order valence-electron chi connectivity index (χ2n) is 7.71. The minimum Gasteiger partial charge on any atom is -0.494 e. The standard InChI is InChI=1S/C27H36ClN3O4S/c1-4-7-8-9-15-33-22-10-12-23(13-11-22)34-16-17-35-26-24(28)18-21(19-25(26)32-6-3)20-30-31-27(36)29-14-5-2/h5,10-13,18-20H,2,4,6-9,14-17H2,1,3H3,(H2,29,31,36)/b30-20-. The van der Waals surface area contributed by atoms with Gasteiger partial charge in [-0.25, -0.2) is 0 Å². The van der Waals surface area contributed by atoms with Crippen LogP contribution in [-0.2, 0) is 0 Å². The van der Waals surface area contributed by atoms with E-state index in [1.807, 2.05) is 31.2 Å². The molecule has 2 rings (SSSR count). The van der Waals surface area contributed by atoms with Crippen molar-refractivity contribution in [3.05, 3.63) is 59.6 Å². The average Bonchev–Trinajstić information content (AvgIpc) is 2.87. The molecule has 0 heterocycles. The summed E-state index contributed by atoms with van der Waals surface area (Å²) in [5, 5.41) is 7.85. The monoisotopic (exact) mass is 533 g/mol. The summed E-state index contributed by atoms with van der Waals surface area (Å²) in [6.07, 6.45) is 8.04. The summed E-state index contributed by atoms with van der Waals surface area (Å²) in [5.41, 5.74) is 3.47. The lowest BCUT2D eigenvalue weighted by Gasteiger charge is -2.15.